The number of aliphatic hydroxyl groups is 3. The largest absolute Gasteiger partial charge is 0.478 e. The van der Waals surface area contributed by atoms with Crippen LogP contribution < -0.4 is 10.1 Å². The Labute approximate surface area is 137 Å². The van der Waals surface area contributed by atoms with Crippen LogP contribution in [-0.2, 0) is 9.53 Å². The Morgan fingerprint density at radius 2 is 2.00 bits per heavy atom. The molecule has 5 atom stereocenters. The lowest BCUT2D eigenvalue weighted by Crippen LogP contribution is -2.65. The molecule has 2 rings (SSSR count). The molecule has 0 radical (unpaired) electrons. The first-order valence-electron chi connectivity index (χ1n) is 7.23. The summed E-state index contributed by atoms with van der Waals surface area (Å²) in [5, 5.41) is 40.7. The lowest BCUT2D eigenvalue weighted by Gasteiger charge is -2.42. The number of nitrogens with one attached hydrogen (secondary N) is 1. The van der Waals surface area contributed by atoms with Crippen molar-refractivity contribution in [2.75, 3.05) is 6.61 Å². The van der Waals surface area contributed by atoms with E-state index in [2.05, 4.69) is 5.32 Å². The zero-order chi connectivity index (χ0) is 17.9. The highest BCUT2D eigenvalue weighted by atomic mass is 16.7. The Bertz CT molecular complexity index is 607. The molecule has 24 heavy (non-hydrogen) atoms. The van der Waals surface area contributed by atoms with Gasteiger partial charge in [0, 0.05) is 6.92 Å². The summed E-state index contributed by atoms with van der Waals surface area (Å²) in [7, 11) is 0. The van der Waals surface area contributed by atoms with Gasteiger partial charge in [-0.2, -0.15) is 0 Å². The number of ether oxygens (including phenoxy) is 2. The zero-order valence-electron chi connectivity index (χ0n) is 12.8. The van der Waals surface area contributed by atoms with Crippen LogP contribution in [0.2, 0.25) is 0 Å². The van der Waals surface area contributed by atoms with Crippen LogP contribution in [0.3, 0.4) is 0 Å². The van der Waals surface area contributed by atoms with Gasteiger partial charge in [-0.25, -0.2) is 4.79 Å². The third-order valence-corrected chi connectivity index (χ3v) is 3.58. The van der Waals surface area contributed by atoms with Gasteiger partial charge in [0.2, 0.25) is 12.2 Å². The van der Waals surface area contributed by atoms with Crippen molar-refractivity contribution in [3.8, 4) is 5.75 Å². The van der Waals surface area contributed by atoms with Crippen molar-refractivity contribution in [3.63, 3.8) is 0 Å². The van der Waals surface area contributed by atoms with Crippen LogP contribution in [0.25, 0.3) is 0 Å². The molecule has 0 unspecified atom stereocenters. The second-order valence-corrected chi connectivity index (χ2v) is 5.38. The Balaban J connectivity index is 2.24. The van der Waals surface area contributed by atoms with Crippen molar-refractivity contribution in [2.24, 2.45) is 0 Å². The predicted octanol–water partition coefficient (Wildman–Crippen LogP) is -1.29. The van der Waals surface area contributed by atoms with Gasteiger partial charge in [-0.15, -0.1) is 0 Å². The Hall–Kier alpha value is -2.20. The van der Waals surface area contributed by atoms with E-state index in [1.54, 1.807) is 0 Å². The lowest BCUT2D eigenvalue weighted by atomic mass is 9.97. The number of carboxylic acid groups (broad SMARTS) is 1. The molecule has 0 spiro atoms. The fourth-order valence-electron chi connectivity index (χ4n) is 2.41. The van der Waals surface area contributed by atoms with Gasteiger partial charge in [0.05, 0.1) is 12.2 Å². The first kappa shape index (κ1) is 18.1. The number of aromatic carboxylic acids is 1. The minimum atomic E-state index is -1.44. The molecule has 1 aromatic rings. The van der Waals surface area contributed by atoms with Crippen molar-refractivity contribution >= 4 is 11.9 Å². The molecule has 1 aromatic carbocycles. The average Bonchev–Trinajstić information content (AvgIpc) is 2.54. The number of rotatable bonds is 5. The van der Waals surface area contributed by atoms with E-state index in [1.807, 2.05) is 0 Å². The van der Waals surface area contributed by atoms with Gasteiger partial charge < -0.3 is 35.2 Å². The fraction of sp³-hybridized carbons (Fsp3) is 0.467. The molecule has 0 aliphatic carbocycles. The number of hydrogen-bond acceptors (Lipinski definition) is 7. The Kier molecular flexibility index (Phi) is 5.73. The van der Waals surface area contributed by atoms with Crippen molar-refractivity contribution in [1.82, 2.24) is 5.32 Å². The number of carbonyl (C=O) groups excluding carboxylic acids is 1. The van der Waals surface area contributed by atoms with E-state index >= 15 is 0 Å². The maximum Gasteiger partial charge on any atom is 0.335 e. The van der Waals surface area contributed by atoms with E-state index in [1.165, 1.54) is 31.2 Å². The molecular formula is C15H19NO8. The molecule has 5 N–H and O–H groups in total. The van der Waals surface area contributed by atoms with E-state index in [4.69, 9.17) is 14.6 Å². The van der Waals surface area contributed by atoms with E-state index in [9.17, 15) is 24.9 Å². The standard InChI is InChI=1S/C15H19NO8/c1-7(18)16-11-13(20)12(19)10(6-17)24-15(11)23-9-4-2-3-8(5-9)14(21)22/h2-5,10-13,15,17,19-20H,6H2,1H3,(H,16,18)(H,21,22)/t10-,11-,12+,13-,15-/m1/s1. The maximum atomic E-state index is 11.3. The Morgan fingerprint density at radius 3 is 2.58 bits per heavy atom. The smallest absolute Gasteiger partial charge is 0.335 e. The normalized spacial score (nSPS) is 29.8. The van der Waals surface area contributed by atoms with Gasteiger partial charge in [0.15, 0.2) is 0 Å². The lowest BCUT2D eigenvalue weighted by molar-refractivity contribution is -0.244. The highest BCUT2D eigenvalue weighted by Crippen LogP contribution is 2.25. The minimum Gasteiger partial charge on any atom is -0.478 e. The number of carbonyl (C=O) groups is 2. The number of hydrogen-bond donors (Lipinski definition) is 5. The minimum absolute atomic E-state index is 0.0151. The van der Waals surface area contributed by atoms with Crippen LogP contribution in [0.1, 0.15) is 17.3 Å². The molecule has 0 aromatic heterocycles. The number of benzene rings is 1. The summed E-state index contributed by atoms with van der Waals surface area (Å²) in [6.45, 7) is 0.652. The fourth-order valence-corrected chi connectivity index (χ4v) is 2.41. The summed E-state index contributed by atoms with van der Waals surface area (Å²) >= 11 is 0. The highest BCUT2D eigenvalue weighted by Gasteiger charge is 2.46. The Morgan fingerprint density at radius 1 is 1.29 bits per heavy atom. The van der Waals surface area contributed by atoms with Crippen LogP contribution in [0.5, 0.6) is 5.75 Å². The van der Waals surface area contributed by atoms with Gasteiger partial charge in [0.1, 0.15) is 30.1 Å². The number of carboxylic acids is 1. The van der Waals surface area contributed by atoms with Crippen LogP contribution >= 0.6 is 0 Å². The molecule has 1 aliphatic heterocycles. The summed E-state index contributed by atoms with van der Waals surface area (Å²) in [5.74, 6) is -1.49. The molecule has 0 saturated carbocycles. The van der Waals surface area contributed by atoms with Crippen LogP contribution in [0.15, 0.2) is 24.3 Å². The van der Waals surface area contributed by atoms with Crippen LogP contribution in [-0.4, -0.2) is 69.6 Å². The summed E-state index contributed by atoms with van der Waals surface area (Å²) in [5.41, 5.74) is -0.0151. The van der Waals surface area contributed by atoms with E-state index in [0.717, 1.165) is 0 Å². The second-order valence-electron chi connectivity index (χ2n) is 5.38. The highest BCUT2D eigenvalue weighted by molar-refractivity contribution is 5.88. The predicted molar refractivity (Wildman–Crippen MR) is 79.4 cm³/mol. The van der Waals surface area contributed by atoms with Gasteiger partial charge in [-0.1, -0.05) is 6.07 Å². The topological polar surface area (TPSA) is 146 Å². The molecule has 9 heteroatoms. The maximum absolute atomic E-state index is 11.3. The molecule has 1 saturated heterocycles. The summed E-state index contributed by atoms with van der Waals surface area (Å²) in [4.78, 5) is 22.3. The van der Waals surface area contributed by atoms with Gasteiger partial charge in [0.25, 0.3) is 0 Å². The molecule has 9 nitrogen and oxygen atoms in total. The van der Waals surface area contributed by atoms with E-state index in [0.29, 0.717) is 0 Å². The molecule has 1 aliphatic rings. The van der Waals surface area contributed by atoms with Crippen LogP contribution in [0.4, 0.5) is 0 Å². The molecule has 0 bridgehead atoms. The van der Waals surface area contributed by atoms with Crippen molar-refractivity contribution in [3.05, 3.63) is 29.8 Å². The van der Waals surface area contributed by atoms with Gasteiger partial charge in [-0.05, 0) is 18.2 Å². The van der Waals surface area contributed by atoms with Crippen molar-refractivity contribution in [1.29, 1.82) is 0 Å². The molecule has 1 amide bonds. The van der Waals surface area contributed by atoms with Crippen molar-refractivity contribution in [2.45, 2.75) is 37.6 Å². The first-order valence-corrected chi connectivity index (χ1v) is 7.23. The molecule has 1 fully saturated rings. The molecule has 1 heterocycles. The quantitative estimate of drug-likeness (QED) is 0.445. The monoisotopic (exact) mass is 341 g/mol. The summed E-state index contributed by atoms with van der Waals surface area (Å²) in [6.07, 6.45) is -5.20. The molecule has 132 valence electrons. The van der Waals surface area contributed by atoms with E-state index in [-0.39, 0.29) is 11.3 Å². The SMILES string of the molecule is CC(=O)N[C@H]1[C@H](Oc2cccc(C(=O)O)c2)O[C@H](CO)[C@H](O)[C@@H]1O. The third-order valence-electron chi connectivity index (χ3n) is 3.58. The number of aliphatic hydroxyl groups excluding tert-OH is 3. The third kappa shape index (κ3) is 4.01. The summed E-state index contributed by atoms with van der Waals surface area (Å²) < 4.78 is 10.9. The first-order chi connectivity index (χ1) is 11.3. The van der Waals surface area contributed by atoms with Gasteiger partial charge in [-0.3, -0.25) is 4.79 Å². The second kappa shape index (κ2) is 7.58. The van der Waals surface area contributed by atoms with E-state index < -0.39 is 49.1 Å². The summed E-state index contributed by atoms with van der Waals surface area (Å²) in [6, 6.07) is 4.46. The zero-order valence-corrected chi connectivity index (χ0v) is 12.8. The van der Waals surface area contributed by atoms with Gasteiger partial charge >= 0.3 is 5.97 Å². The van der Waals surface area contributed by atoms with Crippen molar-refractivity contribution < 1.29 is 39.5 Å². The molecular weight excluding hydrogens is 322 g/mol. The number of amides is 1. The van der Waals surface area contributed by atoms with Crippen LogP contribution in [0, 0.1) is 0 Å². The average molecular weight is 341 g/mol.